The molecule has 2 heterocycles. The largest absolute Gasteiger partial charge is 0.496 e. The van der Waals surface area contributed by atoms with Crippen LogP contribution in [0.15, 0.2) is 95.4 Å². The van der Waals surface area contributed by atoms with Gasteiger partial charge in [-0.1, -0.05) is 72.8 Å². The van der Waals surface area contributed by atoms with Gasteiger partial charge in [0.25, 0.3) is 0 Å². The monoisotopic (exact) mass is 470 g/mol. The van der Waals surface area contributed by atoms with E-state index in [1.165, 1.54) is 21.9 Å². The molecule has 0 bridgehead atoms. The summed E-state index contributed by atoms with van der Waals surface area (Å²) in [5.74, 6) is 0. The Morgan fingerprint density at radius 3 is 1.64 bits per heavy atom. The summed E-state index contributed by atoms with van der Waals surface area (Å²) >= 11 is 0. The van der Waals surface area contributed by atoms with Crippen molar-refractivity contribution in [3.8, 4) is 11.1 Å². The molecule has 3 nitrogen and oxygen atoms in total. The zero-order valence-electron chi connectivity index (χ0n) is 21.0. The van der Waals surface area contributed by atoms with Gasteiger partial charge >= 0.3 is 7.12 Å². The van der Waals surface area contributed by atoms with Crippen LogP contribution in [-0.2, 0) is 9.31 Å². The van der Waals surface area contributed by atoms with E-state index in [4.69, 9.17) is 13.7 Å². The molecule has 0 saturated carbocycles. The molecule has 6 aromatic rings. The van der Waals surface area contributed by atoms with Gasteiger partial charge in [-0.15, -0.1) is 0 Å². The van der Waals surface area contributed by atoms with Crippen molar-refractivity contribution in [2.45, 2.75) is 38.9 Å². The van der Waals surface area contributed by atoms with Crippen LogP contribution in [0.4, 0.5) is 0 Å². The first-order chi connectivity index (χ1) is 17.3. The zero-order valence-corrected chi connectivity index (χ0v) is 21.0. The third-order valence-electron chi connectivity index (χ3n) is 8.13. The smallest absolute Gasteiger partial charge is 0.456 e. The fourth-order valence-electron chi connectivity index (χ4n) is 5.57. The molecule has 176 valence electrons. The Morgan fingerprint density at radius 2 is 1.03 bits per heavy atom. The van der Waals surface area contributed by atoms with Crippen molar-refractivity contribution in [1.29, 1.82) is 0 Å². The van der Waals surface area contributed by atoms with Gasteiger partial charge in [0.1, 0.15) is 11.2 Å². The van der Waals surface area contributed by atoms with Gasteiger partial charge in [-0.05, 0) is 84.0 Å². The quantitative estimate of drug-likeness (QED) is 0.191. The minimum Gasteiger partial charge on any atom is -0.456 e. The summed E-state index contributed by atoms with van der Waals surface area (Å²) in [7, 11) is -0.445. The van der Waals surface area contributed by atoms with E-state index in [0.717, 1.165) is 38.2 Å². The molecular weight excluding hydrogens is 443 g/mol. The highest BCUT2D eigenvalue weighted by atomic mass is 16.7. The Balaban J connectivity index is 1.55. The first kappa shape index (κ1) is 21.7. The van der Waals surface area contributed by atoms with Gasteiger partial charge in [-0.2, -0.15) is 0 Å². The summed E-state index contributed by atoms with van der Waals surface area (Å²) in [6.07, 6.45) is 0. The van der Waals surface area contributed by atoms with E-state index < -0.39 is 18.3 Å². The number of para-hydroxylation sites is 1. The highest BCUT2D eigenvalue weighted by Gasteiger charge is 2.52. The molecular formula is C32H27BO3. The SMILES string of the molecule is CC1(C)OB(c2c3ccccc3c(-c3ccc4oc5ccccc5c4c3)c3ccccc23)OC1(C)C. The molecule has 5 aromatic carbocycles. The lowest BCUT2D eigenvalue weighted by atomic mass is 9.71. The first-order valence-corrected chi connectivity index (χ1v) is 12.5. The normalized spacial score (nSPS) is 17.1. The standard InChI is InChI=1S/C32H27BO3/c1-31(2)32(3,4)36-33(35-31)30-24-14-7-5-12-22(24)29(23-13-6-8-15-25(23)30)20-17-18-28-26(19-20)21-11-9-10-16-27(21)34-28/h5-19H,1-4H3. The fraction of sp³-hybridized carbons (Fsp3) is 0.188. The van der Waals surface area contributed by atoms with Gasteiger partial charge < -0.3 is 13.7 Å². The topological polar surface area (TPSA) is 31.6 Å². The van der Waals surface area contributed by atoms with Gasteiger partial charge in [0.2, 0.25) is 0 Å². The molecule has 0 unspecified atom stereocenters. The van der Waals surface area contributed by atoms with E-state index >= 15 is 0 Å². The summed E-state index contributed by atoms with van der Waals surface area (Å²) in [6, 6.07) is 32.0. The number of fused-ring (bicyclic) bond motifs is 5. The lowest BCUT2D eigenvalue weighted by Gasteiger charge is -2.32. The third kappa shape index (κ3) is 3.01. The number of hydrogen-bond donors (Lipinski definition) is 0. The van der Waals surface area contributed by atoms with E-state index in [1.807, 2.05) is 12.1 Å². The van der Waals surface area contributed by atoms with Crippen LogP contribution in [-0.4, -0.2) is 18.3 Å². The molecule has 4 heteroatoms. The molecule has 1 aliphatic rings. The van der Waals surface area contributed by atoms with Crippen molar-refractivity contribution in [3.05, 3.63) is 91.0 Å². The minimum atomic E-state index is -0.445. The van der Waals surface area contributed by atoms with E-state index in [9.17, 15) is 0 Å². The molecule has 1 aliphatic heterocycles. The van der Waals surface area contributed by atoms with Crippen molar-refractivity contribution >= 4 is 56.1 Å². The Labute approximate surface area is 210 Å². The van der Waals surface area contributed by atoms with Gasteiger partial charge in [0, 0.05) is 10.8 Å². The van der Waals surface area contributed by atoms with Gasteiger partial charge in [-0.3, -0.25) is 0 Å². The van der Waals surface area contributed by atoms with Crippen LogP contribution in [0, 0.1) is 0 Å². The predicted molar refractivity (Wildman–Crippen MR) is 150 cm³/mol. The van der Waals surface area contributed by atoms with Gasteiger partial charge in [0.15, 0.2) is 0 Å². The minimum absolute atomic E-state index is 0.411. The Kier molecular flexibility index (Phi) is 4.49. The number of benzene rings is 5. The third-order valence-corrected chi connectivity index (χ3v) is 8.13. The maximum Gasteiger partial charge on any atom is 0.496 e. The maximum atomic E-state index is 6.57. The van der Waals surface area contributed by atoms with Crippen LogP contribution in [0.25, 0.3) is 54.6 Å². The average molecular weight is 470 g/mol. The molecule has 7 rings (SSSR count). The Hall–Kier alpha value is -3.60. The summed E-state index contributed by atoms with van der Waals surface area (Å²) in [6.45, 7) is 8.43. The van der Waals surface area contributed by atoms with E-state index in [-0.39, 0.29) is 0 Å². The molecule has 1 saturated heterocycles. The lowest BCUT2D eigenvalue weighted by molar-refractivity contribution is 0.00578. The zero-order chi connectivity index (χ0) is 24.7. The molecule has 1 fully saturated rings. The molecule has 0 spiro atoms. The van der Waals surface area contributed by atoms with E-state index in [1.54, 1.807) is 0 Å². The lowest BCUT2D eigenvalue weighted by Crippen LogP contribution is -2.41. The maximum absolute atomic E-state index is 6.57. The van der Waals surface area contributed by atoms with Gasteiger partial charge in [-0.25, -0.2) is 0 Å². The molecule has 0 aliphatic carbocycles. The summed E-state index contributed by atoms with van der Waals surface area (Å²) in [4.78, 5) is 0. The van der Waals surface area contributed by atoms with Crippen molar-refractivity contribution in [1.82, 2.24) is 0 Å². The highest BCUT2D eigenvalue weighted by Crippen LogP contribution is 2.42. The molecule has 36 heavy (non-hydrogen) atoms. The van der Waals surface area contributed by atoms with Crippen molar-refractivity contribution in [3.63, 3.8) is 0 Å². The second kappa shape index (κ2) is 7.46. The second-order valence-corrected chi connectivity index (χ2v) is 10.8. The summed E-state index contributed by atoms with van der Waals surface area (Å²) in [5, 5.41) is 6.95. The Bertz CT molecular complexity index is 1740. The van der Waals surface area contributed by atoms with Crippen LogP contribution < -0.4 is 5.46 Å². The second-order valence-electron chi connectivity index (χ2n) is 10.8. The fourth-order valence-corrected chi connectivity index (χ4v) is 5.57. The summed E-state index contributed by atoms with van der Waals surface area (Å²) in [5.41, 5.74) is 4.48. The van der Waals surface area contributed by atoms with Gasteiger partial charge in [0.05, 0.1) is 11.2 Å². The van der Waals surface area contributed by atoms with E-state index in [2.05, 4.69) is 107 Å². The molecule has 0 radical (unpaired) electrons. The average Bonchev–Trinajstić information content (AvgIpc) is 3.34. The van der Waals surface area contributed by atoms with Crippen LogP contribution in [0.3, 0.4) is 0 Å². The van der Waals surface area contributed by atoms with E-state index in [0.29, 0.717) is 0 Å². The molecule has 0 amide bonds. The summed E-state index contributed by atoms with van der Waals surface area (Å²) < 4.78 is 19.3. The number of furan rings is 1. The number of rotatable bonds is 2. The van der Waals surface area contributed by atoms with Crippen LogP contribution in [0.2, 0.25) is 0 Å². The van der Waals surface area contributed by atoms with Crippen LogP contribution >= 0.6 is 0 Å². The number of hydrogen-bond acceptors (Lipinski definition) is 3. The molecule has 0 atom stereocenters. The van der Waals surface area contributed by atoms with Crippen molar-refractivity contribution in [2.24, 2.45) is 0 Å². The highest BCUT2D eigenvalue weighted by molar-refractivity contribution is 6.69. The van der Waals surface area contributed by atoms with Crippen LogP contribution in [0.1, 0.15) is 27.7 Å². The van der Waals surface area contributed by atoms with Crippen LogP contribution in [0.5, 0.6) is 0 Å². The first-order valence-electron chi connectivity index (χ1n) is 12.5. The Morgan fingerprint density at radius 1 is 0.528 bits per heavy atom. The molecule has 0 N–H and O–H groups in total. The predicted octanol–water partition coefficient (Wildman–Crippen LogP) is 7.86. The molecule has 1 aromatic heterocycles. The van der Waals surface area contributed by atoms with Crippen molar-refractivity contribution < 1.29 is 13.7 Å². The van der Waals surface area contributed by atoms with Crippen molar-refractivity contribution in [2.75, 3.05) is 0 Å².